The van der Waals surface area contributed by atoms with Gasteiger partial charge in [0.05, 0.1) is 27.4 Å². The van der Waals surface area contributed by atoms with E-state index in [1.54, 1.807) is 20.3 Å². The maximum atomic E-state index is 11.7. The Kier molecular flexibility index (Phi) is 4.28. The fraction of sp³-hybridized carbons (Fsp3) is 0.471. The van der Waals surface area contributed by atoms with E-state index in [2.05, 4.69) is 0 Å². The van der Waals surface area contributed by atoms with Gasteiger partial charge in [-0.2, -0.15) is 0 Å². The summed E-state index contributed by atoms with van der Waals surface area (Å²) in [6.07, 6.45) is 1.48. The Morgan fingerprint density at radius 2 is 1.87 bits per heavy atom. The topological polar surface area (TPSA) is 74.2 Å². The second-order valence-electron chi connectivity index (χ2n) is 5.62. The highest BCUT2D eigenvalue weighted by atomic mass is 16.7. The van der Waals surface area contributed by atoms with E-state index in [0.29, 0.717) is 43.1 Å². The molecule has 0 bridgehead atoms. The second kappa shape index (κ2) is 6.22. The second-order valence-corrected chi connectivity index (χ2v) is 5.62. The molecule has 2 aliphatic rings. The Morgan fingerprint density at radius 3 is 2.48 bits per heavy atom. The molecule has 1 fully saturated rings. The van der Waals surface area contributed by atoms with Crippen molar-refractivity contribution in [2.45, 2.75) is 25.0 Å². The Morgan fingerprint density at radius 1 is 1.17 bits per heavy atom. The largest absolute Gasteiger partial charge is 0.493 e. The van der Waals surface area contributed by atoms with Crippen LogP contribution in [0.25, 0.3) is 5.57 Å². The van der Waals surface area contributed by atoms with Gasteiger partial charge in [0, 0.05) is 18.4 Å². The Bertz CT molecular complexity index is 642. The molecule has 1 aliphatic heterocycles. The van der Waals surface area contributed by atoms with Crippen LogP contribution in [-0.4, -0.2) is 44.3 Å². The van der Waals surface area contributed by atoms with Crippen molar-refractivity contribution >= 4 is 11.5 Å². The van der Waals surface area contributed by atoms with Gasteiger partial charge in [0.1, 0.15) is 0 Å². The summed E-state index contributed by atoms with van der Waals surface area (Å²) in [5.74, 6) is -0.513. The summed E-state index contributed by atoms with van der Waals surface area (Å²) in [5.41, 5.74) is 1.96. The Labute approximate surface area is 134 Å². The van der Waals surface area contributed by atoms with E-state index >= 15 is 0 Å². The fourth-order valence-corrected chi connectivity index (χ4v) is 3.22. The molecule has 3 rings (SSSR count). The van der Waals surface area contributed by atoms with Gasteiger partial charge in [-0.3, -0.25) is 0 Å². The number of methoxy groups -OCH3 is 2. The van der Waals surface area contributed by atoms with Crippen LogP contribution in [0.5, 0.6) is 11.5 Å². The van der Waals surface area contributed by atoms with Crippen molar-refractivity contribution in [1.29, 1.82) is 0 Å². The van der Waals surface area contributed by atoms with Gasteiger partial charge in [-0.25, -0.2) is 4.79 Å². The minimum atomic E-state index is -0.937. The molecule has 0 amide bonds. The van der Waals surface area contributed by atoms with Gasteiger partial charge < -0.3 is 24.1 Å². The lowest BCUT2D eigenvalue weighted by Gasteiger charge is -2.33. The molecule has 0 saturated carbocycles. The number of carboxylic acids is 1. The van der Waals surface area contributed by atoms with Crippen LogP contribution in [0, 0.1) is 0 Å². The van der Waals surface area contributed by atoms with Crippen molar-refractivity contribution in [1.82, 2.24) is 0 Å². The summed E-state index contributed by atoms with van der Waals surface area (Å²) >= 11 is 0. The first-order valence-corrected chi connectivity index (χ1v) is 7.54. The Balaban J connectivity index is 2.00. The summed E-state index contributed by atoms with van der Waals surface area (Å²) in [6, 6.07) is 5.45. The lowest BCUT2D eigenvalue weighted by molar-refractivity contribution is -0.165. The van der Waals surface area contributed by atoms with Crippen LogP contribution in [0.1, 0.15) is 24.8 Å². The quantitative estimate of drug-likeness (QED) is 0.918. The summed E-state index contributed by atoms with van der Waals surface area (Å²) in [6.45, 7) is 1.02. The maximum Gasteiger partial charge on any atom is 0.332 e. The van der Waals surface area contributed by atoms with Gasteiger partial charge >= 0.3 is 5.97 Å². The zero-order valence-electron chi connectivity index (χ0n) is 13.3. The summed E-state index contributed by atoms with van der Waals surface area (Å²) < 4.78 is 21.9. The lowest BCUT2D eigenvalue weighted by Crippen LogP contribution is -2.35. The number of benzene rings is 1. The lowest BCUT2D eigenvalue weighted by atomic mass is 9.83. The molecule has 0 unspecified atom stereocenters. The van der Waals surface area contributed by atoms with Crippen LogP contribution in [0.2, 0.25) is 0 Å². The zero-order valence-corrected chi connectivity index (χ0v) is 13.3. The van der Waals surface area contributed by atoms with E-state index in [0.717, 1.165) is 11.1 Å². The van der Waals surface area contributed by atoms with Crippen LogP contribution in [0.3, 0.4) is 0 Å². The van der Waals surface area contributed by atoms with Crippen molar-refractivity contribution in [2.24, 2.45) is 0 Å². The number of hydrogen-bond donors (Lipinski definition) is 1. The number of carboxylic acid groups (broad SMARTS) is 1. The number of rotatable bonds is 4. The highest BCUT2D eigenvalue weighted by molar-refractivity contribution is 5.97. The molecule has 0 aromatic heterocycles. The molecule has 6 heteroatoms. The molecule has 23 heavy (non-hydrogen) atoms. The third-order valence-corrected chi connectivity index (χ3v) is 4.37. The highest BCUT2D eigenvalue weighted by Gasteiger charge is 2.42. The van der Waals surface area contributed by atoms with Crippen LogP contribution in [-0.2, 0) is 14.3 Å². The first-order chi connectivity index (χ1) is 11.1. The maximum absolute atomic E-state index is 11.7. The Hall–Kier alpha value is -2.05. The van der Waals surface area contributed by atoms with E-state index in [-0.39, 0.29) is 6.42 Å². The molecule has 1 heterocycles. The monoisotopic (exact) mass is 320 g/mol. The van der Waals surface area contributed by atoms with Crippen LogP contribution in [0.4, 0.5) is 0 Å². The third-order valence-electron chi connectivity index (χ3n) is 4.37. The molecule has 6 nitrogen and oxygen atoms in total. The van der Waals surface area contributed by atoms with Gasteiger partial charge in [0.15, 0.2) is 17.3 Å². The van der Waals surface area contributed by atoms with Crippen LogP contribution in [0.15, 0.2) is 23.8 Å². The van der Waals surface area contributed by atoms with Crippen molar-refractivity contribution in [3.63, 3.8) is 0 Å². The van der Waals surface area contributed by atoms with Gasteiger partial charge in [-0.1, -0.05) is 6.07 Å². The predicted octanol–water partition coefficient (Wildman–Crippen LogP) is 2.47. The van der Waals surface area contributed by atoms with Crippen LogP contribution < -0.4 is 9.47 Å². The molecule has 1 saturated heterocycles. The molecule has 1 aromatic carbocycles. The molecular weight excluding hydrogens is 300 g/mol. The number of hydrogen-bond acceptors (Lipinski definition) is 5. The van der Waals surface area contributed by atoms with E-state index in [1.165, 1.54) is 0 Å². The first-order valence-electron chi connectivity index (χ1n) is 7.54. The molecular formula is C17H20O6. The number of ether oxygens (including phenoxy) is 4. The molecule has 1 spiro atoms. The van der Waals surface area contributed by atoms with Gasteiger partial charge in [0.2, 0.25) is 0 Å². The third kappa shape index (κ3) is 2.92. The average molecular weight is 320 g/mol. The SMILES string of the molecule is COc1ccc(C2=C(C(=O)O)CC3(CC2)OCCO3)cc1OC. The van der Waals surface area contributed by atoms with Crippen molar-refractivity contribution in [3.8, 4) is 11.5 Å². The smallest absolute Gasteiger partial charge is 0.332 e. The van der Waals surface area contributed by atoms with E-state index in [1.807, 2.05) is 12.1 Å². The van der Waals surface area contributed by atoms with E-state index in [4.69, 9.17) is 18.9 Å². The molecule has 1 aliphatic carbocycles. The average Bonchev–Trinajstić information content (AvgIpc) is 3.02. The normalized spacial score (nSPS) is 19.9. The summed E-state index contributed by atoms with van der Waals surface area (Å²) in [7, 11) is 3.13. The minimum Gasteiger partial charge on any atom is -0.493 e. The van der Waals surface area contributed by atoms with Gasteiger partial charge in [-0.05, 0) is 29.7 Å². The standard InChI is InChI=1S/C17H20O6/c1-20-14-4-3-11(9-15(14)21-2)12-5-6-17(22-7-8-23-17)10-13(12)16(18)19/h3-4,9H,5-8,10H2,1-2H3,(H,18,19). The molecule has 0 radical (unpaired) electrons. The number of allylic oxidation sites excluding steroid dienone is 1. The molecule has 0 atom stereocenters. The number of carbonyl (C=O) groups is 1. The molecule has 1 aromatic rings. The predicted molar refractivity (Wildman–Crippen MR) is 82.6 cm³/mol. The van der Waals surface area contributed by atoms with Crippen molar-refractivity contribution < 1.29 is 28.8 Å². The minimum absolute atomic E-state index is 0.256. The van der Waals surface area contributed by atoms with E-state index in [9.17, 15) is 9.90 Å². The van der Waals surface area contributed by atoms with Crippen molar-refractivity contribution in [3.05, 3.63) is 29.3 Å². The fourth-order valence-electron chi connectivity index (χ4n) is 3.22. The highest BCUT2D eigenvalue weighted by Crippen LogP contribution is 2.43. The first kappa shape index (κ1) is 15.8. The molecule has 124 valence electrons. The van der Waals surface area contributed by atoms with Gasteiger partial charge in [-0.15, -0.1) is 0 Å². The van der Waals surface area contributed by atoms with Gasteiger partial charge in [0.25, 0.3) is 0 Å². The summed E-state index contributed by atoms with van der Waals surface area (Å²) in [4.78, 5) is 11.7. The number of aliphatic carboxylic acids is 1. The molecule has 1 N–H and O–H groups in total. The van der Waals surface area contributed by atoms with Crippen molar-refractivity contribution in [2.75, 3.05) is 27.4 Å². The van der Waals surface area contributed by atoms with E-state index < -0.39 is 11.8 Å². The van der Waals surface area contributed by atoms with Crippen LogP contribution >= 0.6 is 0 Å². The zero-order chi connectivity index (χ0) is 16.4. The summed E-state index contributed by atoms with van der Waals surface area (Å²) in [5, 5.41) is 9.62.